The molecule has 0 unspecified atom stereocenters. The van der Waals surface area contributed by atoms with Gasteiger partial charge in [-0.25, -0.2) is 15.3 Å². The highest BCUT2D eigenvalue weighted by Crippen LogP contribution is 2.24. The number of hydrogen-bond acceptors (Lipinski definition) is 6. The van der Waals surface area contributed by atoms with Crippen LogP contribution < -0.4 is 10.2 Å². The first-order valence-electron chi connectivity index (χ1n) is 8.99. The van der Waals surface area contributed by atoms with E-state index in [1.54, 1.807) is 41.9 Å². The molecule has 3 amide bonds. The van der Waals surface area contributed by atoms with Crippen LogP contribution in [0.15, 0.2) is 53.6 Å². The Kier molecular flexibility index (Phi) is 6.28. The molecule has 3 rings (SSSR count). The van der Waals surface area contributed by atoms with Crippen LogP contribution in [-0.2, 0) is 0 Å². The number of nitrogens with one attached hydrogen (secondary N) is 1. The number of amides is 3. The van der Waals surface area contributed by atoms with Gasteiger partial charge in [0.2, 0.25) is 0 Å². The van der Waals surface area contributed by atoms with E-state index in [0.717, 1.165) is 5.01 Å². The SMILES string of the molecule is CN(N=Cc1ccc(C(=O)NO)cc1)C(=O)c1ccccc1OC1CN(C(=O)O)C1. The molecule has 1 aliphatic rings. The van der Waals surface area contributed by atoms with Gasteiger partial charge in [-0.05, 0) is 29.8 Å². The fraction of sp³-hybridized carbons (Fsp3) is 0.200. The highest BCUT2D eigenvalue weighted by atomic mass is 16.5. The number of nitrogens with zero attached hydrogens (tertiary/aromatic N) is 3. The largest absolute Gasteiger partial charge is 0.486 e. The van der Waals surface area contributed by atoms with Crippen molar-refractivity contribution in [3.8, 4) is 5.75 Å². The van der Waals surface area contributed by atoms with E-state index in [1.165, 1.54) is 30.3 Å². The topological polar surface area (TPSA) is 132 Å². The number of likely N-dealkylation sites (tertiary alicyclic amines) is 1. The van der Waals surface area contributed by atoms with E-state index in [0.29, 0.717) is 16.9 Å². The van der Waals surface area contributed by atoms with E-state index in [2.05, 4.69) is 5.10 Å². The normalized spacial score (nSPS) is 13.6. The number of rotatable bonds is 6. The second-order valence-electron chi connectivity index (χ2n) is 6.56. The van der Waals surface area contributed by atoms with Gasteiger partial charge in [0.05, 0.1) is 24.9 Å². The Hall–Kier alpha value is -3.92. The predicted octanol–water partition coefficient (Wildman–Crippen LogP) is 1.65. The first-order valence-corrected chi connectivity index (χ1v) is 8.99. The molecule has 156 valence electrons. The number of hydrogen-bond donors (Lipinski definition) is 3. The summed E-state index contributed by atoms with van der Waals surface area (Å²) < 4.78 is 5.78. The van der Waals surface area contributed by atoms with Crippen LogP contribution in [0.1, 0.15) is 26.3 Å². The van der Waals surface area contributed by atoms with Gasteiger partial charge >= 0.3 is 6.09 Å². The minimum atomic E-state index is -1.00. The molecule has 1 saturated heterocycles. The van der Waals surface area contributed by atoms with Crippen molar-refractivity contribution in [3.05, 3.63) is 65.2 Å². The Morgan fingerprint density at radius 2 is 1.83 bits per heavy atom. The third kappa shape index (κ3) is 4.73. The van der Waals surface area contributed by atoms with Gasteiger partial charge in [0.1, 0.15) is 11.9 Å². The van der Waals surface area contributed by atoms with Gasteiger partial charge in [-0.1, -0.05) is 24.3 Å². The zero-order valence-corrected chi connectivity index (χ0v) is 16.1. The van der Waals surface area contributed by atoms with E-state index >= 15 is 0 Å². The molecule has 1 fully saturated rings. The molecule has 1 heterocycles. The van der Waals surface area contributed by atoms with E-state index in [-0.39, 0.29) is 24.8 Å². The van der Waals surface area contributed by atoms with Crippen LogP contribution in [0, 0.1) is 0 Å². The molecule has 2 aromatic carbocycles. The molecule has 3 N–H and O–H groups in total. The first-order chi connectivity index (χ1) is 14.4. The van der Waals surface area contributed by atoms with Crippen LogP contribution in [0.4, 0.5) is 4.79 Å². The average molecular weight is 412 g/mol. The lowest BCUT2D eigenvalue weighted by molar-refractivity contribution is 0.0243. The zero-order chi connectivity index (χ0) is 21.7. The zero-order valence-electron chi connectivity index (χ0n) is 16.1. The standard InChI is InChI=1S/C20H20N4O6/c1-23(21-10-13-6-8-14(9-7-13)18(25)22-29)19(26)16-4-2-3-5-17(16)30-15-11-24(12-15)20(27)28/h2-10,15,29H,11-12H2,1H3,(H,22,25)(H,27,28). The van der Waals surface area contributed by atoms with Crippen molar-refractivity contribution in [3.63, 3.8) is 0 Å². The number of carboxylic acid groups (broad SMARTS) is 1. The second kappa shape index (κ2) is 9.05. The molecule has 0 bridgehead atoms. The van der Waals surface area contributed by atoms with Crippen molar-refractivity contribution < 1.29 is 29.4 Å². The van der Waals surface area contributed by atoms with Gasteiger partial charge in [0.25, 0.3) is 11.8 Å². The summed E-state index contributed by atoms with van der Waals surface area (Å²) in [5.74, 6) is -0.660. The third-order valence-corrected chi connectivity index (χ3v) is 4.48. The molecule has 0 spiro atoms. The summed E-state index contributed by atoms with van der Waals surface area (Å²) >= 11 is 0. The van der Waals surface area contributed by atoms with Gasteiger partial charge in [0, 0.05) is 12.6 Å². The first kappa shape index (κ1) is 20.8. The molecule has 0 saturated carbocycles. The average Bonchev–Trinajstić information content (AvgIpc) is 2.73. The number of carbonyl (C=O) groups is 3. The molecular formula is C20H20N4O6. The molecular weight excluding hydrogens is 392 g/mol. The smallest absolute Gasteiger partial charge is 0.407 e. The maximum absolute atomic E-state index is 12.8. The monoisotopic (exact) mass is 412 g/mol. The Morgan fingerprint density at radius 3 is 2.47 bits per heavy atom. The maximum Gasteiger partial charge on any atom is 0.407 e. The summed E-state index contributed by atoms with van der Waals surface area (Å²) in [6.07, 6.45) is 0.148. The van der Waals surface area contributed by atoms with Crippen LogP contribution in [-0.4, -0.2) is 70.6 Å². The van der Waals surface area contributed by atoms with E-state index in [1.807, 2.05) is 0 Å². The summed E-state index contributed by atoms with van der Waals surface area (Å²) in [7, 11) is 1.50. The molecule has 0 aromatic heterocycles. The Morgan fingerprint density at radius 1 is 1.17 bits per heavy atom. The van der Waals surface area contributed by atoms with Crippen molar-refractivity contribution in [1.82, 2.24) is 15.4 Å². The molecule has 2 aromatic rings. The van der Waals surface area contributed by atoms with Gasteiger partial charge in [-0.2, -0.15) is 5.10 Å². The number of hydrazone groups is 1. The molecule has 0 atom stereocenters. The summed E-state index contributed by atoms with van der Waals surface area (Å²) in [6, 6.07) is 13.0. The molecule has 30 heavy (non-hydrogen) atoms. The van der Waals surface area contributed by atoms with Crippen molar-refractivity contribution in [1.29, 1.82) is 0 Å². The van der Waals surface area contributed by atoms with Gasteiger partial charge < -0.3 is 14.7 Å². The van der Waals surface area contributed by atoms with Gasteiger partial charge in [0.15, 0.2) is 0 Å². The lowest BCUT2D eigenvalue weighted by Crippen LogP contribution is -2.55. The molecule has 0 aliphatic carbocycles. The fourth-order valence-electron chi connectivity index (χ4n) is 2.76. The number of carbonyl (C=O) groups excluding carboxylic acids is 2. The lowest BCUT2D eigenvalue weighted by Gasteiger charge is -2.37. The minimum absolute atomic E-state index is 0.246. The predicted molar refractivity (Wildman–Crippen MR) is 106 cm³/mol. The van der Waals surface area contributed by atoms with Crippen LogP contribution in [0.3, 0.4) is 0 Å². The summed E-state index contributed by atoms with van der Waals surface area (Å²) in [5.41, 5.74) is 2.79. The molecule has 10 heteroatoms. The number of ether oxygens (including phenoxy) is 1. The minimum Gasteiger partial charge on any atom is -0.486 e. The fourth-order valence-corrected chi connectivity index (χ4v) is 2.76. The van der Waals surface area contributed by atoms with Gasteiger partial charge in [-0.15, -0.1) is 0 Å². The van der Waals surface area contributed by atoms with Crippen molar-refractivity contribution in [2.45, 2.75) is 6.10 Å². The number of benzene rings is 2. The highest BCUT2D eigenvalue weighted by Gasteiger charge is 2.33. The molecule has 1 aliphatic heterocycles. The molecule has 0 radical (unpaired) electrons. The van der Waals surface area contributed by atoms with Crippen LogP contribution >= 0.6 is 0 Å². The van der Waals surface area contributed by atoms with Crippen LogP contribution in [0.5, 0.6) is 5.75 Å². The quantitative estimate of drug-likeness (QED) is 0.376. The molecule has 10 nitrogen and oxygen atoms in total. The van der Waals surface area contributed by atoms with E-state index in [9.17, 15) is 14.4 Å². The summed E-state index contributed by atoms with van der Waals surface area (Å²) in [5, 5.41) is 22.8. The Labute approximate surface area is 171 Å². The number of para-hydroxylation sites is 1. The van der Waals surface area contributed by atoms with Crippen LogP contribution in [0.2, 0.25) is 0 Å². The van der Waals surface area contributed by atoms with Crippen molar-refractivity contribution >= 4 is 24.1 Å². The summed E-state index contributed by atoms with van der Waals surface area (Å²) in [4.78, 5) is 36.2. The maximum atomic E-state index is 12.8. The third-order valence-electron chi connectivity index (χ3n) is 4.48. The van der Waals surface area contributed by atoms with Crippen molar-refractivity contribution in [2.24, 2.45) is 5.10 Å². The Balaban J connectivity index is 1.65. The summed E-state index contributed by atoms with van der Waals surface area (Å²) in [6.45, 7) is 0.492. The van der Waals surface area contributed by atoms with Crippen molar-refractivity contribution in [2.75, 3.05) is 20.1 Å². The lowest BCUT2D eigenvalue weighted by atomic mass is 10.1. The highest BCUT2D eigenvalue weighted by molar-refractivity contribution is 5.97. The van der Waals surface area contributed by atoms with E-state index in [4.69, 9.17) is 15.1 Å². The van der Waals surface area contributed by atoms with E-state index < -0.39 is 17.9 Å². The number of hydroxylamine groups is 1. The second-order valence-corrected chi connectivity index (χ2v) is 6.56. The van der Waals surface area contributed by atoms with Crippen LogP contribution in [0.25, 0.3) is 0 Å². The van der Waals surface area contributed by atoms with Gasteiger partial charge in [-0.3, -0.25) is 14.8 Å². The Bertz CT molecular complexity index is 970.